The second kappa shape index (κ2) is 3.30. The van der Waals surface area contributed by atoms with Crippen molar-refractivity contribution in [3.8, 4) is 0 Å². The topological polar surface area (TPSA) is 43.1 Å². The molecular weight excluding hydrogens is 200 g/mol. The van der Waals surface area contributed by atoms with Crippen molar-refractivity contribution in [2.24, 2.45) is 5.73 Å². The Kier molecular flexibility index (Phi) is 2.52. The van der Waals surface area contributed by atoms with Crippen molar-refractivity contribution in [3.05, 3.63) is 34.9 Å². The maximum atomic E-state index is 13.0. The summed E-state index contributed by atoms with van der Waals surface area (Å²) in [6.07, 6.45) is 0. The molecule has 0 aromatic heterocycles. The van der Waals surface area contributed by atoms with Crippen LogP contribution in [0.5, 0.6) is 0 Å². The summed E-state index contributed by atoms with van der Waals surface area (Å²) in [5.74, 6) is -5.42. The van der Waals surface area contributed by atoms with Crippen LogP contribution >= 0.6 is 11.6 Å². The Bertz CT molecular complexity index is 341. The van der Waals surface area contributed by atoms with E-state index in [1.54, 1.807) is 0 Å². The van der Waals surface area contributed by atoms with Gasteiger partial charge in [0.25, 0.3) is 5.91 Å². The van der Waals surface area contributed by atoms with Crippen LogP contribution in [-0.4, -0.2) is 5.91 Å². The molecule has 13 heavy (non-hydrogen) atoms. The fourth-order valence-electron chi connectivity index (χ4n) is 0.849. The number of alkyl halides is 2. The summed E-state index contributed by atoms with van der Waals surface area (Å²) in [5, 5.41) is -0.175. The van der Waals surface area contributed by atoms with E-state index in [9.17, 15) is 13.6 Å². The second-order valence-electron chi connectivity index (χ2n) is 2.42. The van der Waals surface area contributed by atoms with Gasteiger partial charge < -0.3 is 5.73 Å². The number of hydrogen-bond donors (Lipinski definition) is 1. The van der Waals surface area contributed by atoms with E-state index in [0.29, 0.717) is 0 Å². The molecule has 0 aliphatic heterocycles. The van der Waals surface area contributed by atoms with Gasteiger partial charge in [-0.25, -0.2) is 0 Å². The van der Waals surface area contributed by atoms with Gasteiger partial charge in [-0.2, -0.15) is 8.78 Å². The van der Waals surface area contributed by atoms with E-state index < -0.39 is 17.4 Å². The molecule has 2 nitrogen and oxygen atoms in total. The average molecular weight is 206 g/mol. The third-order valence-corrected chi connectivity index (χ3v) is 1.85. The van der Waals surface area contributed by atoms with Gasteiger partial charge in [-0.05, 0) is 6.07 Å². The van der Waals surface area contributed by atoms with E-state index in [2.05, 4.69) is 5.73 Å². The standard InChI is InChI=1S/C8H6ClF2NO/c9-6-4-2-1-3-5(6)8(10,11)7(12)13/h1-4H,(H2,12,13). The van der Waals surface area contributed by atoms with Crippen molar-refractivity contribution < 1.29 is 13.6 Å². The first-order chi connectivity index (χ1) is 5.96. The van der Waals surface area contributed by atoms with Crippen LogP contribution in [0.15, 0.2) is 24.3 Å². The van der Waals surface area contributed by atoms with Gasteiger partial charge in [0, 0.05) is 5.56 Å². The Hall–Kier alpha value is -1.16. The fraction of sp³-hybridized carbons (Fsp3) is 0.125. The molecule has 0 aliphatic rings. The zero-order valence-corrected chi connectivity index (χ0v) is 7.18. The van der Waals surface area contributed by atoms with Gasteiger partial charge in [0.1, 0.15) is 0 Å². The van der Waals surface area contributed by atoms with Crippen molar-refractivity contribution in [3.63, 3.8) is 0 Å². The molecule has 0 bridgehead atoms. The molecule has 0 aliphatic carbocycles. The monoisotopic (exact) mass is 205 g/mol. The van der Waals surface area contributed by atoms with E-state index in [1.807, 2.05) is 0 Å². The molecule has 0 saturated heterocycles. The number of nitrogens with two attached hydrogens (primary N) is 1. The van der Waals surface area contributed by atoms with Gasteiger partial charge in [0.05, 0.1) is 5.02 Å². The van der Waals surface area contributed by atoms with Crippen LogP contribution in [0.2, 0.25) is 5.02 Å². The zero-order chi connectivity index (χ0) is 10.1. The van der Waals surface area contributed by atoms with Crippen LogP contribution in [0, 0.1) is 0 Å². The van der Waals surface area contributed by atoms with E-state index in [0.717, 1.165) is 6.07 Å². The molecule has 0 fully saturated rings. The Balaban J connectivity index is 3.22. The van der Waals surface area contributed by atoms with Crippen LogP contribution < -0.4 is 5.73 Å². The van der Waals surface area contributed by atoms with Crippen molar-refractivity contribution in [1.82, 2.24) is 0 Å². The third kappa shape index (κ3) is 1.78. The summed E-state index contributed by atoms with van der Waals surface area (Å²) < 4.78 is 26.0. The van der Waals surface area contributed by atoms with Crippen LogP contribution in [0.25, 0.3) is 0 Å². The number of hydrogen-bond acceptors (Lipinski definition) is 1. The fourth-order valence-corrected chi connectivity index (χ4v) is 1.10. The van der Waals surface area contributed by atoms with Crippen LogP contribution in [-0.2, 0) is 10.7 Å². The lowest BCUT2D eigenvalue weighted by Gasteiger charge is -2.13. The SMILES string of the molecule is NC(=O)C(F)(F)c1ccccc1Cl. The predicted molar refractivity (Wildman–Crippen MR) is 44.5 cm³/mol. The summed E-state index contributed by atoms with van der Waals surface area (Å²) in [6, 6.07) is 5.18. The number of primary amides is 1. The molecule has 0 heterocycles. The van der Waals surface area contributed by atoms with Gasteiger partial charge in [-0.3, -0.25) is 4.79 Å². The Morgan fingerprint density at radius 3 is 2.38 bits per heavy atom. The highest BCUT2D eigenvalue weighted by molar-refractivity contribution is 6.31. The van der Waals surface area contributed by atoms with Crippen molar-refractivity contribution in [2.45, 2.75) is 5.92 Å². The normalized spacial score (nSPS) is 11.3. The summed E-state index contributed by atoms with van der Waals surface area (Å²) >= 11 is 5.47. The lowest BCUT2D eigenvalue weighted by atomic mass is 10.1. The largest absolute Gasteiger partial charge is 0.364 e. The number of halogens is 3. The highest BCUT2D eigenvalue weighted by Gasteiger charge is 2.40. The Labute approximate surface area is 78.3 Å². The van der Waals surface area contributed by atoms with Crippen molar-refractivity contribution in [1.29, 1.82) is 0 Å². The Morgan fingerprint density at radius 2 is 1.92 bits per heavy atom. The molecular formula is C8H6ClF2NO. The first-order valence-corrected chi connectivity index (χ1v) is 3.77. The number of carbonyl (C=O) groups is 1. The maximum absolute atomic E-state index is 13.0. The molecule has 0 unspecified atom stereocenters. The summed E-state index contributed by atoms with van der Waals surface area (Å²) in [5.41, 5.74) is 3.96. The lowest BCUT2D eigenvalue weighted by Crippen LogP contribution is -2.33. The smallest absolute Gasteiger partial charge is 0.350 e. The first kappa shape index (κ1) is 9.92. The van der Waals surface area contributed by atoms with Gasteiger partial charge in [0.15, 0.2) is 0 Å². The summed E-state index contributed by atoms with van der Waals surface area (Å²) in [7, 11) is 0. The molecule has 0 atom stereocenters. The highest BCUT2D eigenvalue weighted by Crippen LogP contribution is 2.32. The van der Waals surface area contributed by atoms with Crippen molar-refractivity contribution in [2.75, 3.05) is 0 Å². The third-order valence-electron chi connectivity index (χ3n) is 1.52. The molecule has 1 amide bonds. The molecule has 2 N–H and O–H groups in total. The average Bonchev–Trinajstić information content (AvgIpc) is 2.04. The molecule has 1 aromatic carbocycles. The van der Waals surface area contributed by atoms with Gasteiger partial charge in [-0.1, -0.05) is 29.8 Å². The van der Waals surface area contributed by atoms with E-state index in [4.69, 9.17) is 11.6 Å². The molecule has 1 aromatic rings. The van der Waals surface area contributed by atoms with Gasteiger partial charge >= 0.3 is 5.92 Å². The molecule has 70 valence electrons. The predicted octanol–water partition coefficient (Wildman–Crippen LogP) is 1.92. The molecule has 0 spiro atoms. The number of carbonyl (C=O) groups excluding carboxylic acids is 1. The van der Waals surface area contributed by atoms with Gasteiger partial charge in [0.2, 0.25) is 0 Å². The quantitative estimate of drug-likeness (QED) is 0.788. The summed E-state index contributed by atoms with van der Waals surface area (Å²) in [4.78, 5) is 10.4. The Morgan fingerprint density at radius 1 is 1.38 bits per heavy atom. The van der Waals surface area contributed by atoms with Crippen LogP contribution in [0.4, 0.5) is 8.78 Å². The van der Waals surface area contributed by atoms with Gasteiger partial charge in [-0.15, -0.1) is 0 Å². The van der Waals surface area contributed by atoms with Crippen molar-refractivity contribution >= 4 is 17.5 Å². The zero-order valence-electron chi connectivity index (χ0n) is 6.43. The van der Waals surface area contributed by atoms with E-state index in [-0.39, 0.29) is 5.02 Å². The first-order valence-electron chi connectivity index (χ1n) is 3.39. The molecule has 1 rings (SSSR count). The summed E-state index contributed by atoms with van der Waals surface area (Å²) in [6.45, 7) is 0. The van der Waals surface area contributed by atoms with Crippen LogP contribution in [0.1, 0.15) is 5.56 Å². The van der Waals surface area contributed by atoms with E-state index in [1.165, 1.54) is 18.2 Å². The minimum Gasteiger partial charge on any atom is -0.364 e. The molecule has 0 radical (unpaired) electrons. The highest BCUT2D eigenvalue weighted by atomic mass is 35.5. The lowest BCUT2D eigenvalue weighted by molar-refractivity contribution is -0.143. The maximum Gasteiger partial charge on any atom is 0.350 e. The van der Waals surface area contributed by atoms with E-state index >= 15 is 0 Å². The number of rotatable bonds is 2. The second-order valence-corrected chi connectivity index (χ2v) is 2.83. The minimum absolute atomic E-state index is 0.175. The van der Waals surface area contributed by atoms with Crippen LogP contribution in [0.3, 0.4) is 0 Å². The molecule has 5 heteroatoms. The minimum atomic E-state index is -3.71. The molecule has 0 saturated carbocycles. The number of amides is 1. The number of benzene rings is 1.